The number of carbonyl (C=O) groups excluding carboxylic acids is 2. The summed E-state index contributed by atoms with van der Waals surface area (Å²) in [4.78, 5) is 24.1. The van der Waals surface area contributed by atoms with Gasteiger partial charge in [0.25, 0.3) is 0 Å². The van der Waals surface area contributed by atoms with Gasteiger partial charge in [-0.05, 0) is 42.8 Å². The number of benzene rings is 2. The Morgan fingerprint density at radius 1 is 1.00 bits per heavy atom. The Labute approximate surface area is 170 Å². The molecule has 1 atom stereocenters. The summed E-state index contributed by atoms with van der Waals surface area (Å²) in [6.45, 7) is 2.24. The molecule has 2 rings (SSSR count). The van der Waals surface area contributed by atoms with Crippen LogP contribution in [0.15, 0.2) is 54.6 Å². The normalized spacial score (nSPS) is 11.6. The average molecular weight is 398 g/mol. The monoisotopic (exact) mass is 398 g/mol. The van der Waals surface area contributed by atoms with Gasteiger partial charge < -0.3 is 24.8 Å². The summed E-state index contributed by atoms with van der Waals surface area (Å²) in [5.74, 6) is 1.46. The van der Waals surface area contributed by atoms with Crippen LogP contribution < -0.4 is 24.8 Å². The van der Waals surface area contributed by atoms with E-state index in [0.717, 1.165) is 11.3 Å². The Kier molecular flexibility index (Phi) is 8.56. The van der Waals surface area contributed by atoms with Gasteiger partial charge >= 0.3 is 0 Å². The van der Waals surface area contributed by atoms with E-state index in [9.17, 15) is 9.59 Å². The van der Waals surface area contributed by atoms with Crippen molar-refractivity contribution in [1.82, 2.24) is 10.6 Å². The predicted molar refractivity (Wildman–Crippen MR) is 111 cm³/mol. The van der Waals surface area contributed by atoms with Crippen molar-refractivity contribution in [2.45, 2.75) is 13.0 Å². The summed E-state index contributed by atoms with van der Waals surface area (Å²) < 4.78 is 15.8. The van der Waals surface area contributed by atoms with Crippen LogP contribution in [0.1, 0.15) is 12.5 Å². The lowest BCUT2D eigenvalue weighted by Gasteiger charge is -2.13. The first-order chi connectivity index (χ1) is 14.0. The molecule has 0 heterocycles. The SMILES string of the molecule is COc1ccc(/C=C/C(=O)NC(C)C(=O)NCCOc2cccc(OC)c2)cc1. The lowest BCUT2D eigenvalue weighted by atomic mass is 10.2. The number of hydrogen-bond acceptors (Lipinski definition) is 5. The van der Waals surface area contributed by atoms with Crippen molar-refractivity contribution >= 4 is 17.9 Å². The highest BCUT2D eigenvalue weighted by Gasteiger charge is 2.13. The minimum atomic E-state index is -0.667. The van der Waals surface area contributed by atoms with Crippen molar-refractivity contribution in [3.8, 4) is 17.2 Å². The zero-order valence-corrected chi connectivity index (χ0v) is 16.8. The van der Waals surface area contributed by atoms with Crippen LogP contribution in [-0.2, 0) is 9.59 Å². The van der Waals surface area contributed by atoms with E-state index in [1.165, 1.54) is 6.08 Å². The number of amides is 2. The molecule has 1 unspecified atom stereocenters. The summed E-state index contributed by atoms with van der Waals surface area (Å²) in [7, 11) is 3.18. The van der Waals surface area contributed by atoms with E-state index in [4.69, 9.17) is 14.2 Å². The van der Waals surface area contributed by atoms with Gasteiger partial charge in [0.15, 0.2) is 0 Å². The molecule has 0 radical (unpaired) electrons. The van der Waals surface area contributed by atoms with Gasteiger partial charge in [-0.2, -0.15) is 0 Å². The third-order valence-corrected chi connectivity index (χ3v) is 4.01. The van der Waals surface area contributed by atoms with Crippen molar-refractivity contribution in [2.75, 3.05) is 27.4 Å². The minimum absolute atomic E-state index is 0.287. The standard InChI is InChI=1S/C22H26N2O5/c1-16(24-21(25)12-9-17-7-10-18(27-2)11-8-17)22(26)23-13-14-29-20-6-4-5-19(15-20)28-3/h4-12,15-16H,13-14H2,1-3H3,(H,23,26)(H,24,25)/b12-9+. The molecule has 7 nitrogen and oxygen atoms in total. The lowest BCUT2D eigenvalue weighted by molar-refractivity contribution is -0.126. The van der Waals surface area contributed by atoms with Crippen molar-refractivity contribution in [3.05, 3.63) is 60.2 Å². The van der Waals surface area contributed by atoms with E-state index < -0.39 is 6.04 Å². The molecule has 2 aromatic rings. The second-order valence-corrected chi connectivity index (χ2v) is 6.16. The molecular formula is C22H26N2O5. The fourth-order valence-electron chi connectivity index (χ4n) is 2.40. The maximum Gasteiger partial charge on any atom is 0.244 e. The molecule has 0 aliphatic carbocycles. The van der Waals surface area contributed by atoms with E-state index >= 15 is 0 Å². The van der Waals surface area contributed by atoms with Crippen LogP contribution in [0.5, 0.6) is 17.2 Å². The van der Waals surface area contributed by atoms with Crippen LogP contribution in [-0.4, -0.2) is 45.2 Å². The van der Waals surface area contributed by atoms with Gasteiger partial charge in [0, 0.05) is 12.1 Å². The fourth-order valence-corrected chi connectivity index (χ4v) is 2.40. The van der Waals surface area contributed by atoms with Gasteiger partial charge in [0.05, 0.1) is 20.8 Å². The predicted octanol–water partition coefficient (Wildman–Crippen LogP) is 2.42. The van der Waals surface area contributed by atoms with Crippen LogP contribution in [0.25, 0.3) is 6.08 Å². The third-order valence-electron chi connectivity index (χ3n) is 4.01. The quantitative estimate of drug-likeness (QED) is 0.474. The maximum atomic E-state index is 12.1. The van der Waals surface area contributed by atoms with Gasteiger partial charge in [-0.15, -0.1) is 0 Å². The first kappa shape index (κ1) is 21.8. The molecule has 0 spiro atoms. The number of nitrogens with one attached hydrogen (secondary N) is 2. The summed E-state index contributed by atoms with van der Waals surface area (Å²) in [6, 6.07) is 13.8. The molecule has 0 fully saturated rings. The van der Waals surface area contributed by atoms with Crippen molar-refractivity contribution in [2.24, 2.45) is 0 Å². The number of methoxy groups -OCH3 is 2. The largest absolute Gasteiger partial charge is 0.497 e. The summed E-state index contributed by atoms with van der Waals surface area (Å²) >= 11 is 0. The maximum absolute atomic E-state index is 12.1. The van der Waals surface area contributed by atoms with E-state index in [1.807, 2.05) is 30.3 Å². The van der Waals surface area contributed by atoms with Gasteiger partial charge in [-0.3, -0.25) is 9.59 Å². The van der Waals surface area contributed by atoms with E-state index in [1.54, 1.807) is 45.4 Å². The average Bonchev–Trinajstić information content (AvgIpc) is 2.75. The third kappa shape index (κ3) is 7.57. The van der Waals surface area contributed by atoms with Gasteiger partial charge in [0.1, 0.15) is 29.9 Å². The topological polar surface area (TPSA) is 85.9 Å². The number of ether oxygens (including phenoxy) is 3. The van der Waals surface area contributed by atoms with Crippen LogP contribution in [0.4, 0.5) is 0 Å². The first-order valence-corrected chi connectivity index (χ1v) is 9.19. The smallest absolute Gasteiger partial charge is 0.244 e. The molecule has 0 aliphatic rings. The van der Waals surface area contributed by atoms with Gasteiger partial charge in [-0.1, -0.05) is 18.2 Å². The number of rotatable bonds is 10. The van der Waals surface area contributed by atoms with E-state index in [2.05, 4.69) is 10.6 Å². The molecule has 29 heavy (non-hydrogen) atoms. The Balaban J connectivity index is 1.70. The highest BCUT2D eigenvalue weighted by molar-refractivity contribution is 5.95. The second kappa shape index (κ2) is 11.4. The Morgan fingerprint density at radius 2 is 1.69 bits per heavy atom. The van der Waals surface area contributed by atoms with Crippen LogP contribution >= 0.6 is 0 Å². The molecule has 2 amide bonds. The lowest BCUT2D eigenvalue weighted by Crippen LogP contribution is -2.45. The van der Waals surface area contributed by atoms with Crippen LogP contribution in [0.2, 0.25) is 0 Å². The summed E-state index contributed by atoms with van der Waals surface area (Å²) in [6.07, 6.45) is 3.05. The highest BCUT2D eigenvalue weighted by Crippen LogP contribution is 2.18. The van der Waals surface area contributed by atoms with Crippen molar-refractivity contribution in [3.63, 3.8) is 0 Å². The van der Waals surface area contributed by atoms with Crippen LogP contribution in [0, 0.1) is 0 Å². The molecule has 0 aliphatic heterocycles. The summed E-state index contributed by atoms with van der Waals surface area (Å²) in [5.41, 5.74) is 0.854. The van der Waals surface area contributed by atoms with Crippen molar-refractivity contribution < 1.29 is 23.8 Å². The Hall–Kier alpha value is -3.48. The highest BCUT2D eigenvalue weighted by atomic mass is 16.5. The minimum Gasteiger partial charge on any atom is -0.497 e. The van der Waals surface area contributed by atoms with E-state index in [-0.39, 0.29) is 11.8 Å². The van der Waals surface area contributed by atoms with Gasteiger partial charge in [0.2, 0.25) is 11.8 Å². The fraction of sp³-hybridized carbons (Fsp3) is 0.273. The van der Waals surface area contributed by atoms with E-state index in [0.29, 0.717) is 24.7 Å². The Morgan fingerprint density at radius 3 is 2.38 bits per heavy atom. The number of hydrogen-bond donors (Lipinski definition) is 2. The molecular weight excluding hydrogens is 372 g/mol. The molecule has 0 aromatic heterocycles. The molecule has 2 aromatic carbocycles. The molecule has 154 valence electrons. The second-order valence-electron chi connectivity index (χ2n) is 6.16. The van der Waals surface area contributed by atoms with Crippen molar-refractivity contribution in [1.29, 1.82) is 0 Å². The zero-order valence-electron chi connectivity index (χ0n) is 16.8. The molecule has 2 N–H and O–H groups in total. The first-order valence-electron chi connectivity index (χ1n) is 9.19. The zero-order chi connectivity index (χ0) is 21.1. The molecule has 0 saturated heterocycles. The summed E-state index contributed by atoms with van der Waals surface area (Å²) in [5, 5.41) is 5.35. The molecule has 0 saturated carbocycles. The Bertz CT molecular complexity index is 833. The van der Waals surface area contributed by atoms with Gasteiger partial charge in [-0.25, -0.2) is 0 Å². The molecule has 7 heteroatoms. The molecule has 0 bridgehead atoms. The number of carbonyl (C=O) groups is 2. The van der Waals surface area contributed by atoms with Crippen LogP contribution in [0.3, 0.4) is 0 Å².